The molecule has 0 amide bonds. The molecule has 1 fully saturated rings. The van der Waals surface area contributed by atoms with Gasteiger partial charge in [0, 0.05) is 34.9 Å². The Balaban J connectivity index is 2.08. The van der Waals surface area contributed by atoms with E-state index < -0.39 is 0 Å². The zero-order valence-electron chi connectivity index (χ0n) is 9.34. The van der Waals surface area contributed by atoms with E-state index in [0.29, 0.717) is 16.1 Å². The maximum atomic E-state index is 6.00. The highest BCUT2D eigenvalue weighted by atomic mass is 35.5. The van der Waals surface area contributed by atoms with Crippen molar-refractivity contribution in [1.29, 1.82) is 0 Å². The lowest BCUT2D eigenvalue weighted by Gasteiger charge is -2.33. The van der Waals surface area contributed by atoms with Crippen LogP contribution in [0.25, 0.3) is 0 Å². The van der Waals surface area contributed by atoms with Crippen molar-refractivity contribution in [3.05, 3.63) is 28.2 Å². The molecule has 2 nitrogen and oxygen atoms in total. The molecule has 0 radical (unpaired) electrons. The molecule has 1 aromatic rings. The van der Waals surface area contributed by atoms with E-state index in [1.54, 1.807) is 6.07 Å². The fourth-order valence-electron chi connectivity index (χ4n) is 2.15. The minimum Gasteiger partial charge on any atom is -0.371 e. The first kappa shape index (κ1) is 12.0. The van der Waals surface area contributed by atoms with E-state index in [2.05, 4.69) is 10.2 Å². The van der Waals surface area contributed by atoms with E-state index in [0.717, 1.165) is 18.8 Å². The van der Waals surface area contributed by atoms with Gasteiger partial charge in [-0.15, -0.1) is 0 Å². The number of hydrogen-bond acceptors (Lipinski definition) is 2. The van der Waals surface area contributed by atoms with Crippen molar-refractivity contribution in [3.63, 3.8) is 0 Å². The van der Waals surface area contributed by atoms with Gasteiger partial charge in [-0.2, -0.15) is 0 Å². The van der Waals surface area contributed by atoms with Gasteiger partial charge in [-0.1, -0.05) is 23.2 Å². The smallest absolute Gasteiger partial charge is 0.0441 e. The predicted octanol–water partition coefficient (Wildman–Crippen LogP) is 3.18. The van der Waals surface area contributed by atoms with Crippen LogP contribution in [0.5, 0.6) is 0 Å². The van der Waals surface area contributed by atoms with E-state index in [1.165, 1.54) is 12.8 Å². The molecule has 0 saturated carbocycles. The van der Waals surface area contributed by atoms with Gasteiger partial charge in [-0.3, -0.25) is 0 Å². The Morgan fingerprint density at radius 2 is 1.69 bits per heavy atom. The van der Waals surface area contributed by atoms with Crippen LogP contribution < -0.4 is 10.2 Å². The van der Waals surface area contributed by atoms with Crippen molar-refractivity contribution in [2.45, 2.75) is 18.9 Å². The molecule has 88 valence electrons. The van der Waals surface area contributed by atoms with Crippen LogP contribution in [0.1, 0.15) is 12.8 Å². The van der Waals surface area contributed by atoms with Crippen LogP contribution in [-0.4, -0.2) is 26.2 Å². The lowest BCUT2D eigenvalue weighted by molar-refractivity contribution is 0.442. The number of benzene rings is 1. The summed E-state index contributed by atoms with van der Waals surface area (Å²) in [6.45, 7) is 2.12. The molecule has 1 aliphatic rings. The largest absolute Gasteiger partial charge is 0.371 e. The van der Waals surface area contributed by atoms with E-state index in [1.807, 2.05) is 19.2 Å². The highest BCUT2D eigenvalue weighted by Gasteiger charge is 2.18. The van der Waals surface area contributed by atoms with Crippen LogP contribution in [0.3, 0.4) is 0 Å². The van der Waals surface area contributed by atoms with Crippen LogP contribution >= 0.6 is 23.2 Å². The third kappa shape index (κ3) is 2.82. The summed E-state index contributed by atoms with van der Waals surface area (Å²) in [5.41, 5.74) is 1.13. The zero-order chi connectivity index (χ0) is 11.5. The van der Waals surface area contributed by atoms with Crippen molar-refractivity contribution in [2.24, 2.45) is 0 Å². The second kappa shape index (κ2) is 5.26. The molecular formula is C12H16Cl2N2. The quantitative estimate of drug-likeness (QED) is 0.877. The fourth-order valence-corrected chi connectivity index (χ4v) is 2.66. The molecular weight excluding hydrogens is 243 g/mol. The molecule has 0 atom stereocenters. The van der Waals surface area contributed by atoms with Crippen LogP contribution in [0, 0.1) is 0 Å². The average Bonchev–Trinajstić information content (AvgIpc) is 2.28. The second-order valence-corrected chi connectivity index (χ2v) is 5.05. The van der Waals surface area contributed by atoms with Crippen LogP contribution in [0.2, 0.25) is 10.0 Å². The lowest BCUT2D eigenvalue weighted by Crippen LogP contribution is -2.41. The highest BCUT2D eigenvalue weighted by molar-refractivity contribution is 6.35. The van der Waals surface area contributed by atoms with Gasteiger partial charge in [0.05, 0.1) is 0 Å². The summed E-state index contributed by atoms with van der Waals surface area (Å²) in [4.78, 5) is 2.34. The Morgan fingerprint density at radius 3 is 2.19 bits per heavy atom. The van der Waals surface area contributed by atoms with E-state index in [4.69, 9.17) is 23.2 Å². The summed E-state index contributed by atoms with van der Waals surface area (Å²) in [6, 6.07) is 6.37. The first-order valence-corrected chi connectivity index (χ1v) is 6.33. The molecule has 1 heterocycles. The Kier molecular flexibility index (Phi) is 3.95. The molecule has 0 bridgehead atoms. The summed E-state index contributed by atoms with van der Waals surface area (Å²) < 4.78 is 0. The molecule has 1 aliphatic heterocycles. The van der Waals surface area contributed by atoms with Crippen LogP contribution in [0.15, 0.2) is 18.2 Å². The second-order valence-electron chi connectivity index (χ2n) is 4.18. The lowest BCUT2D eigenvalue weighted by atomic mass is 10.0. The van der Waals surface area contributed by atoms with Gasteiger partial charge in [0.15, 0.2) is 0 Å². The third-order valence-electron chi connectivity index (χ3n) is 3.12. The van der Waals surface area contributed by atoms with Gasteiger partial charge >= 0.3 is 0 Å². The van der Waals surface area contributed by atoms with Crippen LogP contribution in [-0.2, 0) is 0 Å². The monoisotopic (exact) mass is 258 g/mol. The van der Waals surface area contributed by atoms with Crippen molar-refractivity contribution < 1.29 is 0 Å². The van der Waals surface area contributed by atoms with Gasteiger partial charge < -0.3 is 10.2 Å². The van der Waals surface area contributed by atoms with E-state index in [9.17, 15) is 0 Å². The van der Waals surface area contributed by atoms with Crippen molar-refractivity contribution in [2.75, 3.05) is 25.0 Å². The molecule has 2 rings (SSSR count). The number of nitrogens with one attached hydrogen (secondary N) is 1. The van der Waals surface area contributed by atoms with E-state index in [-0.39, 0.29) is 0 Å². The molecule has 1 aromatic carbocycles. The number of anilines is 1. The summed E-state index contributed by atoms with van der Waals surface area (Å²) in [5.74, 6) is 0. The maximum Gasteiger partial charge on any atom is 0.0441 e. The van der Waals surface area contributed by atoms with E-state index >= 15 is 0 Å². The Morgan fingerprint density at radius 1 is 1.12 bits per heavy atom. The standard InChI is InChI=1S/C12H16Cl2N2/c1-15-11-2-4-16(5-3-11)12-7-9(13)6-10(14)8-12/h6-8,11,15H,2-5H2,1H3. The summed E-state index contributed by atoms with van der Waals surface area (Å²) in [6.07, 6.45) is 2.33. The van der Waals surface area contributed by atoms with Gasteiger partial charge in [-0.05, 0) is 38.1 Å². The molecule has 0 spiro atoms. The third-order valence-corrected chi connectivity index (χ3v) is 3.55. The minimum atomic E-state index is 0.644. The Hall–Kier alpha value is -0.440. The molecule has 16 heavy (non-hydrogen) atoms. The molecule has 0 aromatic heterocycles. The average molecular weight is 259 g/mol. The molecule has 0 unspecified atom stereocenters. The summed E-state index contributed by atoms with van der Waals surface area (Å²) in [5, 5.41) is 4.73. The number of halogens is 2. The summed E-state index contributed by atoms with van der Waals surface area (Å²) >= 11 is 12.0. The molecule has 1 saturated heterocycles. The first-order chi connectivity index (χ1) is 7.69. The Labute approximate surface area is 107 Å². The van der Waals surface area contributed by atoms with Crippen molar-refractivity contribution in [3.8, 4) is 0 Å². The number of nitrogens with zero attached hydrogens (tertiary/aromatic N) is 1. The topological polar surface area (TPSA) is 15.3 Å². The first-order valence-electron chi connectivity index (χ1n) is 5.57. The Bertz CT molecular complexity index is 340. The molecule has 0 aliphatic carbocycles. The number of hydrogen-bond donors (Lipinski definition) is 1. The molecule has 4 heteroatoms. The fraction of sp³-hybridized carbons (Fsp3) is 0.500. The SMILES string of the molecule is CNC1CCN(c2cc(Cl)cc(Cl)c2)CC1. The predicted molar refractivity (Wildman–Crippen MR) is 70.8 cm³/mol. The number of piperidine rings is 1. The van der Waals surface area contributed by atoms with Crippen molar-refractivity contribution in [1.82, 2.24) is 5.32 Å². The summed E-state index contributed by atoms with van der Waals surface area (Å²) in [7, 11) is 2.02. The van der Waals surface area contributed by atoms with Crippen LogP contribution in [0.4, 0.5) is 5.69 Å². The van der Waals surface area contributed by atoms with Gasteiger partial charge in [0.25, 0.3) is 0 Å². The number of rotatable bonds is 2. The highest BCUT2D eigenvalue weighted by Crippen LogP contribution is 2.27. The minimum absolute atomic E-state index is 0.644. The van der Waals surface area contributed by atoms with Crippen molar-refractivity contribution >= 4 is 28.9 Å². The zero-order valence-corrected chi connectivity index (χ0v) is 10.9. The van der Waals surface area contributed by atoms with Gasteiger partial charge in [-0.25, -0.2) is 0 Å². The normalized spacial score (nSPS) is 17.8. The van der Waals surface area contributed by atoms with Gasteiger partial charge in [0.2, 0.25) is 0 Å². The van der Waals surface area contributed by atoms with Gasteiger partial charge in [0.1, 0.15) is 0 Å². The maximum absolute atomic E-state index is 6.00. The molecule has 1 N–H and O–H groups in total.